The van der Waals surface area contributed by atoms with Gasteiger partial charge in [-0.25, -0.2) is 14.2 Å². The summed E-state index contributed by atoms with van der Waals surface area (Å²) < 4.78 is 19.3. The largest absolute Gasteiger partial charge is 0.449 e. The molecule has 0 radical (unpaired) electrons. The molecule has 0 atom stereocenters. The van der Waals surface area contributed by atoms with E-state index in [1.807, 2.05) is 6.07 Å². The van der Waals surface area contributed by atoms with E-state index in [9.17, 15) is 14.0 Å². The maximum absolute atomic E-state index is 13.6. The van der Waals surface area contributed by atoms with Crippen LogP contribution in [0.1, 0.15) is 41.7 Å². The summed E-state index contributed by atoms with van der Waals surface area (Å²) in [6, 6.07) is 9.74. The number of hydrogen-bond acceptors (Lipinski definition) is 5. The number of benzene rings is 1. The summed E-state index contributed by atoms with van der Waals surface area (Å²) >= 11 is 0. The van der Waals surface area contributed by atoms with Gasteiger partial charge in [0.25, 0.3) is 0 Å². The molecule has 1 aromatic carbocycles. The number of esters is 1. The van der Waals surface area contributed by atoms with E-state index >= 15 is 0 Å². The number of nitrogens with zero attached hydrogens (tertiary/aromatic N) is 2. The van der Waals surface area contributed by atoms with Gasteiger partial charge in [-0.15, -0.1) is 0 Å². The van der Waals surface area contributed by atoms with Crippen molar-refractivity contribution in [1.29, 1.82) is 0 Å². The highest BCUT2D eigenvalue weighted by Crippen LogP contribution is 2.47. The summed E-state index contributed by atoms with van der Waals surface area (Å²) in [4.78, 5) is 29.2. The number of fused-ring (bicyclic) bond motifs is 2. The molecule has 30 heavy (non-hydrogen) atoms. The standard InChI is InChI=1S/C22H19FN4O3/c23-15-4-1-3-14(11-15)18-17(12-25-27-18)26-20(28)13-6-8-22(9-7-13)16-5-2-10-24-19(16)21(29)30-22/h1-5,10-13H,6-9H2,(H,25,27)(H,26,28)/t13-,22-. The van der Waals surface area contributed by atoms with Crippen molar-refractivity contribution >= 4 is 17.6 Å². The van der Waals surface area contributed by atoms with Gasteiger partial charge in [0, 0.05) is 29.4 Å². The van der Waals surface area contributed by atoms with Gasteiger partial charge < -0.3 is 10.1 Å². The molecule has 2 aliphatic rings. The molecule has 1 saturated carbocycles. The molecule has 0 bridgehead atoms. The molecule has 8 heteroatoms. The van der Waals surface area contributed by atoms with Crippen molar-refractivity contribution in [1.82, 2.24) is 15.2 Å². The maximum atomic E-state index is 13.6. The zero-order valence-corrected chi connectivity index (χ0v) is 16.0. The minimum absolute atomic E-state index is 0.125. The second-order valence-corrected chi connectivity index (χ2v) is 7.70. The first kappa shape index (κ1) is 18.5. The molecule has 5 rings (SSSR count). The lowest BCUT2D eigenvalue weighted by Crippen LogP contribution is -2.36. The number of anilines is 1. The van der Waals surface area contributed by atoms with Gasteiger partial charge in [0.05, 0.1) is 5.69 Å². The Kier molecular flexibility index (Phi) is 4.34. The van der Waals surface area contributed by atoms with E-state index in [0.717, 1.165) is 5.56 Å². The van der Waals surface area contributed by atoms with Gasteiger partial charge in [0.1, 0.15) is 17.1 Å². The Balaban J connectivity index is 1.29. The van der Waals surface area contributed by atoms with Crippen molar-refractivity contribution in [3.63, 3.8) is 0 Å². The normalized spacial score (nSPS) is 22.6. The van der Waals surface area contributed by atoms with Crippen molar-refractivity contribution in [3.05, 3.63) is 65.9 Å². The van der Waals surface area contributed by atoms with E-state index in [1.54, 1.807) is 30.6 Å². The number of amides is 1. The van der Waals surface area contributed by atoms with Crippen LogP contribution in [0.15, 0.2) is 48.8 Å². The summed E-state index contributed by atoms with van der Waals surface area (Å²) in [5.74, 6) is -1.11. The fourth-order valence-corrected chi connectivity index (χ4v) is 4.41. The predicted molar refractivity (Wildman–Crippen MR) is 106 cm³/mol. The SMILES string of the molecule is O=C1O[C@]2(CC[C@H](C(=O)Nc3c[nH]nc3-c3cccc(F)c3)CC2)c2cccnc21. The molecule has 0 unspecified atom stereocenters. The number of carbonyl (C=O) groups is 2. The predicted octanol–water partition coefficient (Wildman–Crippen LogP) is 3.81. The van der Waals surface area contributed by atoms with Crippen LogP contribution in [0, 0.1) is 11.7 Å². The molecule has 3 aromatic rings. The van der Waals surface area contributed by atoms with Crippen LogP contribution in [0.5, 0.6) is 0 Å². The Labute approximate surface area is 171 Å². The minimum Gasteiger partial charge on any atom is -0.449 e. The van der Waals surface area contributed by atoms with Gasteiger partial charge in [-0.3, -0.25) is 9.89 Å². The van der Waals surface area contributed by atoms with Gasteiger partial charge in [0.2, 0.25) is 5.91 Å². The first-order chi connectivity index (χ1) is 14.6. The molecule has 152 valence electrons. The van der Waals surface area contributed by atoms with Crippen LogP contribution in [0.25, 0.3) is 11.3 Å². The molecular formula is C22H19FN4O3. The Morgan fingerprint density at radius 1 is 1.20 bits per heavy atom. The number of H-pyrrole nitrogens is 1. The third-order valence-corrected chi connectivity index (χ3v) is 5.94. The smallest absolute Gasteiger partial charge is 0.358 e. The Morgan fingerprint density at radius 3 is 2.83 bits per heavy atom. The maximum Gasteiger partial charge on any atom is 0.358 e. The lowest BCUT2D eigenvalue weighted by Gasteiger charge is -2.35. The number of rotatable bonds is 3. The molecule has 1 spiro atoms. The third kappa shape index (κ3) is 3.04. The van der Waals surface area contributed by atoms with Crippen molar-refractivity contribution in [3.8, 4) is 11.3 Å². The lowest BCUT2D eigenvalue weighted by molar-refractivity contribution is -0.122. The zero-order chi connectivity index (χ0) is 20.7. The number of ether oxygens (including phenoxy) is 1. The topological polar surface area (TPSA) is 97.0 Å². The zero-order valence-electron chi connectivity index (χ0n) is 16.0. The molecule has 1 fully saturated rings. The molecule has 1 aliphatic carbocycles. The number of pyridine rings is 1. The average molecular weight is 406 g/mol. The van der Waals surface area contributed by atoms with Crippen molar-refractivity contribution in [2.75, 3.05) is 5.32 Å². The van der Waals surface area contributed by atoms with Gasteiger partial charge in [-0.2, -0.15) is 5.10 Å². The first-order valence-electron chi connectivity index (χ1n) is 9.85. The van der Waals surface area contributed by atoms with Gasteiger partial charge in [-0.05, 0) is 43.9 Å². The van der Waals surface area contributed by atoms with Crippen LogP contribution in [-0.2, 0) is 15.1 Å². The van der Waals surface area contributed by atoms with Crippen molar-refractivity contribution in [2.24, 2.45) is 5.92 Å². The monoisotopic (exact) mass is 406 g/mol. The first-order valence-corrected chi connectivity index (χ1v) is 9.85. The molecular weight excluding hydrogens is 387 g/mol. The molecule has 1 aliphatic heterocycles. The summed E-state index contributed by atoms with van der Waals surface area (Å²) in [6.07, 6.45) is 5.47. The third-order valence-electron chi connectivity index (χ3n) is 5.94. The fourth-order valence-electron chi connectivity index (χ4n) is 4.41. The van der Waals surface area contributed by atoms with Gasteiger partial charge in [0.15, 0.2) is 5.69 Å². The van der Waals surface area contributed by atoms with Crippen LogP contribution in [-0.4, -0.2) is 27.1 Å². The van der Waals surface area contributed by atoms with E-state index in [1.165, 1.54) is 12.1 Å². The highest BCUT2D eigenvalue weighted by atomic mass is 19.1. The second-order valence-electron chi connectivity index (χ2n) is 7.70. The van der Waals surface area contributed by atoms with Crippen LogP contribution >= 0.6 is 0 Å². The Hall–Kier alpha value is -3.55. The van der Waals surface area contributed by atoms with Crippen LogP contribution < -0.4 is 5.32 Å². The second kappa shape index (κ2) is 7.05. The van der Waals surface area contributed by atoms with Gasteiger partial charge in [-0.1, -0.05) is 18.2 Å². The Morgan fingerprint density at radius 2 is 2.03 bits per heavy atom. The molecule has 2 aromatic heterocycles. The summed E-state index contributed by atoms with van der Waals surface area (Å²) in [5, 5.41) is 9.78. The van der Waals surface area contributed by atoms with E-state index in [-0.39, 0.29) is 17.6 Å². The fraction of sp³-hybridized carbons (Fsp3) is 0.273. The number of aromatic amines is 1. The highest BCUT2D eigenvalue weighted by molar-refractivity contribution is 5.96. The van der Waals surface area contributed by atoms with E-state index < -0.39 is 11.6 Å². The molecule has 3 heterocycles. The van der Waals surface area contributed by atoms with E-state index in [2.05, 4.69) is 20.5 Å². The number of hydrogen-bond donors (Lipinski definition) is 2. The van der Waals surface area contributed by atoms with Crippen LogP contribution in [0.2, 0.25) is 0 Å². The van der Waals surface area contributed by atoms with Crippen molar-refractivity contribution in [2.45, 2.75) is 31.3 Å². The van der Waals surface area contributed by atoms with Crippen LogP contribution in [0.4, 0.5) is 10.1 Å². The lowest BCUT2D eigenvalue weighted by atomic mass is 9.75. The number of aromatic nitrogens is 3. The quantitative estimate of drug-likeness (QED) is 0.645. The summed E-state index contributed by atoms with van der Waals surface area (Å²) in [5.41, 5.74) is 2.08. The number of halogens is 1. The van der Waals surface area contributed by atoms with E-state index in [0.29, 0.717) is 48.3 Å². The Bertz CT molecular complexity index is 1130. The molecule has 7 nitrogen and oxygen atoms in total. The van der Waals surface area contributed by atoms with E-state index in [4.69, 9.17) is 4.74 Å². The average Bonchev–Trinajstić information content (AvgIpc) is 3.32. The molecule has 2 N–H and O–H groups in total. The summed E-state index contributed by atoms with van der Waals surface area (Å²) in [6.45, 7) is 0. The molecule has 1 amide bonds. The van der Waals surface area contributed by atoms with Crippen molar-refractivity contribution < 1.29 is 18.7 Å². The van der Waals surface area contributed by atoms with Crippen LogP contribution in [0.3, 0.4) is 0 Å². The minimum atomic E-state index is -0.681. The number of nitrogens with one attached hydrogen (secondary N) is 2. The summed E-state index contributed by atoms with van der Waals surface area (Å²) in [7, 11) is 0. The number of carbonyl (C=O) groups excluding carboxylic acids is 2. The highest BCUT2D eigenvalue weighted by Gasteiger charge is 2.49. The molecule has 0 saturated heterocycles. The van der Waals surface area contributed by atoms with Gasteiger partial charge >= 0.3 is 5.97 Å².